The highest BCUT2D eigenvalue weighted by molar-refractivity contribution is 9.11. The van der Waals surface area contributed by atoms with Gasteiger partial charge in [-0.25, -0.2) is 0 Å². The highest BCUT2D eigenvalue weighted by atomic mass is 79.9. The maximum absolute atomic E-state index is 3.33. The van der Waals surface area contributed by atoms with Crippen LogP contribution in [0, 0.1) is 6.07 Å². The van der Waals surface area contributed by atoms with E-state index in [-0.39, 0.29) is 0 Å². The van der Waals surface area contributed by atoms with E-state index in [4.69, 9.17) is 0 Å². The van der Waals surface area contributed by atoms with E-state index in [1.807, 2.05) is 24.3 Å². The molecule has 1 rings (SSSR count). The van der Waals surface area contributed by atoms with Crippen molar-refractivity contribution in [2.45, 2.75) is 4.90 Å². The zero-order chi connectivity index (χ0) is 6.53. The largest absolute Gasteiger partial charge is 0.114 e. The standard InChI is InChI=1S/C7H6BrS/c8-6-9-7-4-2-1-3-5-7/h1-4H,6H2. The summed E-state index contributed by atoms with van der Waals surface area (Å²) >= 11 is 5.07. The molecular weight excluding hydrogens is 196 g/mol. The smallest absolute Gasteiger partial charge is 0.0537 e. The predicted molar refractivity (Wildman–Crippen MR) is 44.9 cm³/mol. The van der Waals surface area contributed by atoms with Gasteiger partial charge in [-0.05, 0) is 12.1 Å². The first-order valence-electron chi connectivity index (χ1n) is 2.59. The van der Waals surface area contributed by atoms with Crippen molar-refractivity contribution in [3.8, 4) is 0 Å². The summed E-state index contributed by atoms with van der Waals surface area (Å²) < 4.78 is 0.938. The molecule has 0 fully saturated rings. The van der Waals surface area contributed by atoms with E-state index in [2.05, 4.69) is 22.0 Å². The minimum atomic E-state index is 0.938. The molecule has 0 aliphatic rings. The van der Waals surface area contributed by atoms with Crippen LogP contribution in [0.5, 0.6) is 0 Å². The molecule has 9 heavy (non-hydrogen) atoms. The van der Waals surface area contributed by atoms with Crippen LogP contribution in [0.15, 0.2) is 29.2 Å². The molecular formula is C7H6BrS. The van der Waals surface area contributed by atoms with Crippen molar-refractivity contribution in [3.05, 3.63) is 30.3 Å². The lowest BCUT2D eigenvalue weighted by molar-refractivity contribution is 1.45. The Morgan fingerprint density at radius 2 is 2.44 bits per heavy atom. The summed E-state index contributed by atoms with van der Waals surface area (Å²) in [5.41, 5.74) is 0. The van der Waals surface area contributed by atoms with Gasteiger partial charge in [-0.15, -0.1) is 11.8 Å². The fourth-order valence-corrected chi connectivity index (χ4v) is 1.71. The summed E-state index contributed by atoms with van der Waals surface area (Å²) in [4.78, 5) is 1.19. The highest BCUT2D eigenvalue weighted by Gasteiger charge is 1.86. The molecule has 0 amide bonds. The maximum Gasteiger partial charge on any atom is 0.0537 e. The molecule has 0 aliphatic heterocycles. The van der Waals surface area contributed by atoms with E-state index in [9.17, 15) is 0 Å². The molecule has 0 atom stereocenters. The van der Waals surface area contributed by atoms with Crippen LogP contribution in [0.3, 0.4) is 0 Å². The maximum atomic E-state index is 3.33. The van der Waals surface area contributed by atoms with Crippen molar-refractivity contribution in [1.82, 2.24) is 0 Å². The van der Waals surface area contributed by atoms with Gasteiger partial charge in [0, 0.05) is 4.90 Å². The van der Waals surface area contributed by atoms with Gasteiger partial charge >= 0.3 is 0 Å². The minimum Gasteiger partial charge on any atom is -0.114 e. The molecule has 0 aliphatic carbocycles. The second-order valence-corrected chi connectivity index (χ2v) is 3.80. The van der Waals surface area contributed by atoms with Gasteiger partial charge in [-0.1, -0.05) is 34.1 Å². The molecule has 1 radical (unpaired) electrons. The van der Waals surface area contributed by atoms with Gasteiger partial charge in [0.05, 0.1) is 4.66 Å². The first kappa shape index (κ1) is 7.16. The van der Waals surface area contributed by atoms with Crippen LogP contribution in [-0.2, 0) is 0 Å². The molecule has 0 heterocycles. The van der Waals surface area contributed by atoms with Gasteiger partial charge in [0.2, 0.25) is 0 Å². The van der Waals surface area contributed by atoms with E-state index in [0.717, 1.165) is 4.66 Å². The lowest BCUT2D eigenvalue weighted by Gasteiger charge is -1.91. The van der Waals surface area contributed by atoms with Crippen LogP contribution in [0.25, 0.3) is 0 Å². The average Bonchev–Trinajstić information content (AvgIpc) is 1.91. The summed E-state index contributed by atoms with van der Waals surface area (Å²) in [5.74, 6) is 0. The van der Waals surface area contributed by atoms with E-state index in [1.165, 1.54) is 4.90 Å². The molecule has 0 aromatic heterocycles. The summed E-state index contributed by atoms with van der Waals surface area (Å²) in [6.45, 7) is 0. The van der Waals surface area contributed by atoms with E-state index < -0.39 is 0 Å². The number of thioether (sulfide) groups is 1. The Morgan fingerprint density at radius 1 is 1.56 bits per heavy atom. The van der Waals surface area contributed by atoms with Gasteiger partial charge in [-0.2, -0.15) is 0 Å². The summed E-state index contributed by atoms with van der Waals surface area (Å²) in [6, 6.07) is 11.1. The van der Waals surface area contributed by atoms with Crippen molar-refractivity contribution < 1.29 is 0 Å². The third-order valence-corrected chi connectivity index (χ3v) is 2.25. The Hall–Kier alpha value is 0.0500. The quantitative estimate of drug-likeness (QED) is 0.524. The van der Waals surface area contributed by atoms with Gasteiger partial charge in [-0.3, -0.25) is 0 Å². The Bertz CT molecular complexity index is 162. The van der Waals surface area contributed by atoms with Crippen molar-refractivity contribution >= 4 is 27.7 Å². The molecule has 0 unspecified atom stereocenters. The summed E-state index contributed by atoms with van der Waals surface area (Å²) in [5, 5.41) is 0. The number of hydrogen-bond donors (Lipinski definition) is 0. The topological polar surface area (TPSA) is 0 Å². The zero-order valence-electron chi connectivity index (χ0n) is 4.80. The monoisotopic (exact) mass is 201 g/mol. The first-order chi connectivity index (χ1) is 4.43. The van der Waals surface area contributed by atoms with E-state index >= 15 is 0 Å². The molecule has 47 valence electrons. The average molecular weight is 202 g/mol. The molecule has 0 bridgehead atoms. The van der Waals surface area contributed by atoms with Gasteiger partial charge in [0.1, 0.15) is 0 Å². The van der Waals surface area contributed by atoms with Crippen LogP contribution >= 0.6 is 27.7 Å². The van der Waals surface area contributed by atoms with Crippen molar-refractivity contribution in [3.63, 3.8) is 0 Å². The molecule has 0 saturated carbocycles. The number of hydrogen-bond acceptors (Lipinski definition) is 1. The third kappa shape index (κ3) is 2.41. The number of halogens is 1. The first-order valence-corrected chi connectivity index (χ1v) is 4.69. The number of alkyl halides is 1. The van der Waals surface area contributed by atoms with Crippen molar-refractivity contribution in [2.75, 3.05) is 4.66 Å². The molecule has 0 saturated heterocycles. The minimum absolute atomic E-state index is 0.938. The molecule has 2 heteroatoms. The van der Waals surface area contributed by atoms with Crippen molar-refractivity contribution in [1.29, 1.82) is 0 Å². The van der Waals surface area contributed by atoms with Crippen LogP contribution < -0.4 is 0 Å². The Kier molecular flexibility index (Phi) is 3.15. The van der Waals surface area contributed by atoms with Gasteiger partial charge in [0.15, 0.2) is 0 Å². The lowest BCUT2D eigenvalue weighted by Crippen LogP contribution is -1.67. The highest BCUT2D eigenvalue weighted by Crippen LogP contribution is 2.17. The van der Waals surface area contributed by atoms with Crippen LogP contribution in [-0.4, -0.2) is 4.66 Å². The van der Waals surface area contributed by atoms with E-state index in [1.54, 1.807) is 11.8 Å². The summed E-state index contributed by atoms with van der Waals surface area (Å²) in [7, 11) is 0. The van der Waals surface area contributed by atoms with Gasteiger partial charge in [0.25, 0.3) is 0 Å². The third-order valence-electron chi connectivity index (χ3n) is 0.891. The Balaban J connectivity index is 2.61. The molecule has 0 spiro atoms. The zero-order valence-corrected chi connectivity index (χ0v) is 7.21. The van der Waals surface area contributed by atoms with Gasteiger partial charge < -0.3 is 0 Å². The Morgan fingerprint density at radius 3 is 3.00 bits per heavy atom. The Labute approximate surface area is 67.8 Å². The normalized spacial score (nSPS) is 9.44. The fraction of sp³-hybridized carbons (Fsp3) is 0.143. The SMILES string of the molecule is BrCSc1[c]cccc1. The fourth-order valence-electron chi connectivity index (χ4n) is 0.525. The molecule has 0 nitrogen and oxygen atoms in total. The number of benzene rings is 1. The van der Waals surface area contributed by atoms with Crippen LogP contribution in [0.4, 0.5) is 0 Å². The lowest BCUT2D eigenvalue weighted by atomic mass is 10.4. The predicted octanol–water partition coefficient (Wildman–Crippen LogP) is 2.93. The number of rotatable bonds is 2. The van der Waals surface area contributed by atoms with E-state index in [0.29, 0.717) is 0 Å². The van der Waals surface area contributed by atoms with Crippen LogP contribution in [0.1, 0.15) is 0 Å². The van der Waals surface area contributed by atoms with Crippen molar-refractivity contribution in [2.24, 2.45) is 0 Å². The van der Waals surface area contributed by atoms with Crippen LogP contribution in [0.2, 0.25) is 0 Å². The second-order valence-electron chi connectivity index (χ2n) is 1.48. The second kappa shape index (κ2) is 3.96. The molecule has 1 aromatic rings. The molecule has 0 N–H and O–H groups in total. The summed E-state index contributed by atoms with van der Waals surface area (Å²) in [6.07, 6.45) is 0. The molecule has 1 aromatic carbocycles.